The zero-order valence-electron chi connectivity index (χ0n) is 9.33. The Hall–Kier alpha value is 0.250. The number of hydrogen-bond acceptors (Lipinski definition) is 1. The van der Waals surface area contributed by atoms with Gasteiger partial charge < -0.3 is 4.90 Å². The maximum Gasteiger partial charge on any atom is 0.0262 e. The van der Waals surface area contributed by atoms with Crippen molar-refractivity contribution in [3.63, 3.8) is 0 Å². The van der Waals surface area contributed by atoms with Gasteiger partial charge in [0.05, 0.1) is 0 Å². The second-order valence-corrected chi connectivity index (χ2v) is 5.65. The van der Waals surface area contributed by atoms with Gasteiger partial charge in [0.1, 0.15) is 0 Å². The molecule has 0 amide bonds. The molecular weight excluding hydrogens is 194 g/mol. The molecule has 3 saturated carbocycles. The summed E-state index contributed by atoms with van der Waals surface area (Å²) in [6.07, 6.45) is 9.15. The van der Waals surface area contributed by atoms with Crippen LogP contribution in [0.25, 0.3) is 0 Å². The van der Waals surface area contributed by atoms with E-state index in [-0.39, 0.29) is 12.4 Å². The lowest BCUT2D eigenvalue weighted by molar-refractivity contribution is 0.0487. The Labute approximate surface area is 93.6 Å². The SMILES string of the molecule is CN(C)[C@@]12CCC[C@@H]1[C@H]1CC[C@H]2C1.Cl. The quantitative estimate of drug-likeness (QED) is 0.650. The van der Waals surface area contributed by atoms with E-state index >= 15 is 0 Å². The van der Waals surface area contributed by atoms with Crippen molar-refractivity contribution in [2.24, 2.45) is 17.8 Å². The molecule has 2 bridgehead atoms. The number of fused-ring (bicyclic) bond motifs is 5. The summed E-state index contributed by atoms with van der Waals surface area (Å²) in [6, 6.07) is 0. The molecule has 0 aromatic rings. The van der Waals surface area contributed by atoms with Crippen LogP contribution in [-0.4, -0.2) is 24.5 Å². The average Bonchev–Trinajstić information content (AvgIpc) is 2.76. The smallest absolute Gasteiger partial charge is 0.0262 e. The maximum atomic E-state index is 2.58. The zero-order valence-corrected chi connectivity index (χ0v) is 10.1. The van der Waals surface area contributed by atoms with Gasteiger partial charge >= 0.3 is 0 Å². The van der Waals surface area contributed by atoms with E-state index in [0.717, 1.165) is 17.8 Å². The Balaban J connectivity index is 0.000000750. The lowest BCUT2D eigenvalue weighted by Crippen LogP contribution is -2.51. The molecule has 0 aromatic carbocycles. The van der Waals surface area contributed by atoms with Crippen LogP contribution in [0.1, 0.15) is 38.5 Å². The molecule has 3 aliphatic rings. The van der Waals surface area contributed by atoms with Crippen LogP contribution in [0.3, 0.4) is 0 Å². The van der Waals surface area contributed by atoms with E-state index in [1.807, 2.05) is 0 Å². The van der Waals surface area contributed by atoms with Gasteiger partial charge in [-0.05, 0) is 64.0 Å². The fraction of sp³-hybridized carbons (Fsp3) is 1.00. The Bertz CT molecular complexity index is 228. The van der Waals surface area contributed by atoms with Crippen LogP contribution < -0.4 is 0 Å². The molecule has 4 atom stereocenters. The van der Waals surface area contributed by atoms with Crippen molar-refractivity contribution in [1.29, 1.82) is 0 Å². The van der Waals surface area contributed by atoms with Crippen molar-refractivity contribution in [3.05, 3.63) is 0 Å². The Kier molecular flexibility index (Phi) is 2.60. The molecule has 0 radical (unpaired) electrons. The van der Waals surface area contributed by atoms with Crippen LogP contribution in [0.15, 0.2) is 0 Å². The van der Waals surface area contributed by atoms with Crippen molar-refractivity contribution < 1.29 is 0 Å². The molecule has 3 fully saturated rings. The molecule has 2 heteroatoms. The minimum absolute atomic E-state index is 0. The number of halogens is 1. The second-order valence-electron chi connectivity index (χ2n) is 5.65. The molecule has 0 aromatic heterocycles. The molecule has 3 rings (SSSR count). The molecule has 0 N–H and O–H groups in total. The van der Waals surface area contributed by atoms with Gasteiger partial charge in [-0.25, -0.2) is 0 Å². The summed E-state index contributed by atoms with van der Waals surface area (Å²) in [6.45, 7) is 0. The van der Waals surface area contributed by atoms with E-state index in [9.17, 15) is 0 Å². The monoisotopic (exact) mass is 215 g/mol. The predicted molar refractivity (Wildman–Crippen MR) is 61.8 cm³/mol. The first-order valence-electron chi connectivity index (χ1n) is 5.92. The summed E-state index contributed by atoms with van der Waals surface area (Å²) < 4.78 is 0. The predicted octanol–water partition coefficient (Wildman–Crippen LogP) is 2.94. The van der Waals surface area contributed by atoms with Crippen LogP contribution in [-0.2, 0) is 0 Å². The molecular formula is C12H22ClN. The van der Waals surface area contributed by atoms with Crippen molar-refractivity contribution in [3.8, 4) is 0 Å². The summed E-state index contributed by atoms with van der Waals surface area (Å²) in [5.74, 6) is 3.23. The summed E-state index contributed by atoms with van der Waals surface area (Å²) in [5.41, 5.74) is 0.656. The third kappa shape index (κ3) is 1.06. The first-order chi connectivity index (χ1) is 6.25. The molecule has 3 aliphatic carbocycles. The van der Waals surface area contributed by atoms with Crippen molar-refractivity contribution >= 4 is 12.4 Å². The van der Waals surface area contributed by atoms with Gasteiger partial charge in [0.25, 0.3) is 0 Å². The average molecular weight is 216 g/mol. The van der Waals surface area contributed by atoms with Crippen LogP contribution in [0.5, 0.6) is 0 Å². The fourth-order valence-electron chi connectivity index (χ4n) is 4.95. The van der Waals surface area contributed by atoms with Crippen LogP contribution >= 0.6 is 12.4 Å². The number of rotatable bonds is 1. The van der Waals surface area contributed by atoms with E-state index in [1.165, 1.54) is 25.7 Å². The summed E-state index contributed by atoms with van der Waals surface area (Å²) in [5, 5.41) is 0. The van der Waals surface area contributed by atoms with Gasteiger partial charge in [-0.2, -0.15) is 0 Å². The van der Waals surface area contributed by atoms with Crippen molar-refractivity contribution in [2.75, 3.05) is 14.1 Å². The lowest BCUT2D eigenvalue weighted by atomic mass is 9.74. The molecule has 0 unspecified atom stereocenters. The fourth-order valence-corrected chi connectivity index (χ4v) is 4.95. The Morgan fingerprint density at radius 2 is 1.93 bits per heavy atom. The van der Waals surface area contributed by atoms with Gasteiger partial charge in [-0.3, -0.25) is 0 Å². The first-order valence-corrected chi connectivity index (χ1v) is 5.92. The van der Waals surface area contributed by atoms with Crippen LogP contribution in [0.2, 0.25) is 0 Å². The highest BCUT2D eigenvalue weighted by Crippen LogP contribution is 2.62. The molecule has 0 heterocycles. The van der Waals surface area contributed by atoms with E-state index in [4.69, 9.17) is 0 Å². The molecule has 82 valence electrons. The normalized spacial score (nSPS) is 49.5. The van der Waals surface area contributed by atoms with Gasteiger partial charge in [-0.15, -0.1) is 12.4 Å². The molecule has 0 spiro atoms. The van der Waals surface area contributed by atoms with Gasteiger partial charge in [0.15, 0.2) is 0 Å². The van der Waals surface area contributed by atoms with Gasteiger partial charge in [-0.1, -0.05) is 6.42 Å². The lowest BCUT2D eigenvalue weighted by Gasteiger charge is -2.45. The second kappa shape index (κ2) is 3.38. The molecule has 0 saturated heterocycles. The minimum Gasteiger partial charge on any atom is -0.303 e. The first kappa shape index (κ1) is 10.8. The van der Waals surface area contributed by atoms with Crippen LogP contribution in [0.4, 0.5) is 0 Å². The zero-order chi connectivity index (χ0) is 9.05. The highest BCUT2D eigenvalue weighted by atomic mass is 35.5. The Morgan fingerprint density at radius 3 is 2.57 bits per heavy atom. The third-order valence-corrected chi connectivity index (χ3v) is 5.32. The van der Waals surface area contributed by atoms with E-state index < -0.39 is 0 Å². The Morgan fingerprint density at radius 1 is 1.14 bits per heavy atom. The highest BCUT2D eigenvalue weighted by molar-refractivity contribution is 5.85. The van der Waals surface area contributed by atoms with Gasteiger partial charge in [0.2, 0.25) is 0 Å². The topological polar surface area (TPSA) is 3.24 Å². The molecule has 1 nitrogen and oxygen atoms in total. The van der Waals surface area contributed by atoms with Crippen molar-refractivity contribution in [2.45, 2.75) is 44.1 Å². The minimum atomic E-state index is 0. The summed E-state index contributed by atoms with van der Waals surface area (Å²) in [4.78, 5) is 2.58. The van der Waals surface area contributed by atoms with Crippen molar-refractivity contribution in [1.82, 2.24) is 4.90 Å². The largest absolute Gasteiger partial charge is 0.303 e. The number of hydrogen-bond donors (Lipinski definition) is 0. The van der Waals surface area contributed by atoms with Crippen LogP contribution in [0, 0.1) is 17.8 Å². The van der Waals surface area contributed by atoms with E-state index in [0.29, 0.717) is 5.54 Å². The standard InChI is InChI=1S/C12H21N.ClH/c1-13(2)12-7-3-4-11(12)9-5-6-10(12)8-9;/h9-11H,3-8H2,1-2H3;1H/t9-,10-,11+,12+;/m0./s1. The van der Waals surface area contributed by atoms with E-state index in [2.05, 4.69) is 19.0 Å². The highest BCUT2D eigenvalue weighted by Gasteiger charge is 2.60. The van der Waals surface area contributed by atoms with E-state index in [1.54, 1.807) is 12.8 Å². The summed E-state index contributed by atoms with van der Waals surface area (Å²) >= 11 is 0. The number of nitrogens with zero attached hydrogens (tertiary/aromatic N) is 1. The molecule has 0 aliphatic heterocycles. The third-order valence-electron chi connectivity index (χ3n) is 5.32. The molecule has 14 heavy (non-hydrogen) atoms. The van der Waals surface area contributed by atoms with Gasteiger partial charge in [0, 0.05) is 5.54 Å². The maximum absolute atomic E-state index is 2.58. The summed E-state index contributed by atoms with van der Waals surface area (Å²) in [7, 11) is 4.64.